The molecule has 3 nitrogen and oxygen atoms in total. The van der Waals surface area contributed by atoms with E-state index in [0.29, 0.717) is 6.04 Å². The van der Waals surface area contributed by atoms with Crippen LogP contribution in [-0.4, -0.2) is 16.5 Å². The topological polar surface area (TPSA) is 37.8 Å². The van der Waals surface area contributed by atoms with Gasteiger partial charge in [0.2, 0.25) is 0 Å². The average Bonchev–Trinajstić information content (AvgIpc) is 3.03. The number of aromatic nitrogens is 2. The van der Waals surface area contributed by atoms with Crippen molar-refractivity contribution in [1.82, 2.24) is 15.3 Å². The highest BCUT2D eigenvalue weighted by atomic mass is 14.9. The summed E-state index contributed by atoms with van der Waals surface area (Å²) in [6.07, 6.45) is 9.45. The molecule has 1 saturated carbocycles. The summed E-state index contributed by atoms with van der Waals surface area (Å²) in [5, 5.41) is 3.47. The SMILES string of the molecule is CC(NCCC1CC1)c1cnccn1. The van der Waals surface area contributed by atoms with Crippen molar-refractivity contribution < 1.29 is 0 Å². The van der Waals surface area contributed by atoms with Gasteiger partial charge in [-0.15, -0.1) is 0 Å². The summed E-state index contributed by atoms with van der Waals surface area (Å²) in [4.78, 5) is 8.33. The molecule has 0 amide bonds. The fourth-order valence-corrected chi connectivity index (χ4v) is 1.55. The second kappa shape index (κ2) is 4.51. The third-order valence-corrected chi connectivity index (χ3v) is 2.73. The molecule has 3 heteroatoms. The fourth-order valence-electron chi connectivity index (χ4n) is 1.55. The third-order valence-electron chi connectivity index (χ3n) is 2.73. The molecule has 0 aliphatic heterocycles. The van der Waals surface area contributed by atoms with E-state index in [4.69, 9.17) is 0 Å². The summed E-state index contributed by atoms with van der Waals surface area (Å²) in [6.45, 7) is 3.24. The van der Waals surface area contributed by atoms with Crippen LogP contribution in [0.2, 0.25) is 0 Å². The molecule has 0 radical (unpaired) electrons. The van der Waals surface area contributed by atoms with E-state index in [1.165, 1.54) is 19.3 Å². The van der Waals surface area contributed by atoms with Crippen molar-refractivity contribution in [2.75, 3.05) is 6.54 Å². The molecule has 1 aliphatic rings. The van der Waals surface area contributed by atoms with Gasteiger partial charge in [0.25, 0.3) is 0 Å². The van der Waals surface area contributed by atoms with Crippen LogP contribution in [0.1, 0.15) is 37.9 Å². The van der Waals surface area contributed by atoms with Crippen LogP contribution in [0.5, 0.6) is 0 Å². The molecule has 2 rings (SSSR count). The van der Waals surface area contributed by atoms with Gasteiger partial charge in [0, 0.05) is 24.6 Å². The van der Waals surface area contributed by atoms with Gasteiger partial charge in [-0.3, -0.25) is 9.97 Å². The summed E-state index contributed by atoms with van der Waals surface area (Å²) in [5.41, 5.74) is 1.03. The molecule has 14 heavy (non-hydrogen) atoms. The number of hydrogen-bond donors (Lipinski definition) is 1. The average molecular weight is 191 g/mol. The maximum atomic E-state index is 4.27. The Kier molecular flexibility index (Phi) is 3.09. The molecule has 1 aromatic rings. The van der Waals surface area contributed by atoms with E-state index in [0.717, 1.165) is 18.2 Å². The molecule has 1 fully saturated rings. The Morgan fingerprint density at radius 2 is 2.36 bits per heavy atom. The summed E-state index contributed by atoms with van der Waals surface area (Å²) in [7, 11) is 0. The standard InChI is InChI=1S/C11H17N3/c1-9(11-8-12-6-7-14-11)13-5-4-10-2-3-10/h6-10,13H,2-5H2,1H3. The Hall–Kier alpha value is -0.960. The van der Waals surface area contributed by atoms with Gasteiger partial charge in [0.15, 0.2) is 0 Å². The number of nitrogens with one attached hydrogen (secondary N) is 1. The largest absolute Gasteiger partial charge is 0.309 e. The van der Waals surface area contributed by atoms with Crippen molar-refractivity contribution in [2.24, 2.45) is 5.92 Å². The van der Waals surface area contributed by atoms with Crippen LogP contribution in [0, 0.1) is 5.92 Å². The quantitative estimate of drug-likeness (QED) is 0.772. The van der Waals surface area contributed by atoms with Gasteiger partial charge in [0.05, 0.1) is 5.69 Å². The van der Waals surface area contributed by atoms with Crippen LogP contribution >= 0.6 is 0 Å². The van der Waals surface area contributed by atoms with Crippen LogP contribution in [0.25, 0.3) is 0 Å². The first-order chi connectivity index (χ1) is 6.86. The molecule has 1 N–H and O–H groups in total. The molecule has 0 spiro atoms. The van der Waals surface area contributed by atoms with Crippen LogP contribution in [0.15, 0.2) is 18.6 Å². The molecule has 1 aromatic heterocycles. The number of rotatable bonds is 5. The van der Waals surface area contributed by atoms with Gasteiger partial charge in [-0.25, -0.2) is 0 Å². The van der Waals surface area contributed by atoms with E-state index in [1.54, 1.807) is 12.4 Å². The lowest BCUT2D eigenvalue weighted by Gasteiger charge is -2.11. The van der Waals surface area contributed by atoms with Crippen molar-refractivity contribution >= 4 is 0 Å². The van der Waals surface area contributed by atoms with E-state index in [9.17, 15) is 0 Å². The van der Waals surface area contributed by atoms with Gasteiger partial charge < -0.3 is 5.32 Å². The zero-order valence-corrected chi connectivity index (χ0v) is 8.61. The lowest BCUT2D eigenvalue weighted by atomic mass is 10.2. The second-order valence-electron chi connectivity index (χ2n) is 4.04. The van der Waals surface area contributed by atoms with Crippen molar-refractivity contribution in [3.8, 4) is 0 Å². The minimum atomic E-state index is 0.322. The summed E-state index contributed by atoms with van der Waals surface area (Å²) < 4.78 is 0. The zero-order chi connectivity index (χ0) is 9.80. The van der Waals surface area contributed by atoms with Gasteiger partial charge in [-0.1, -0.05) is 12.8 Å². The number of hydrogen-bond acceptors (Lipinski definition) is 3. The molecule has 0 bridgehead atoms. The fraction of sp³-hybridized carbons (Fsp3) is 0.636. The van der Waals surface area contributed by atoms with Crippen LogP contribution in [0.3, 0.4) is 0 Å². The van der Waals surface area contributed by atoms with Crippen molar-refractivity contribution in [2.45, 2.75) is 32.2 Å². The van der Waals surface area contributed by atoms with Crippen molar-refractivity contribution in [1.29, 1.82) is 0 Å². The van der Waals surface area contributed by atoms with Crippen molar-refractivity contribution in [3.05, 3.63) is 24.3 Å². The summed E-state index contributed by atoms with van der Waals surface area (Å²) in [6, 6.07) is 0.322. The van der Waals surface area contributed by atoms with Crippen molar-refractivity contribution in [3.63, 3.8) is 0 Å². The Bertz CT molecular complexity index is 269. The molecular formula is C11H17N3. The molecule has 1 heterocycles. The Labute approximate surface area is 85.0 Å². The van der Waals surface area contributed by atoms with E-state index in [2.05, 4.69) is 22.2 Å². The van der Waals surface area contributed by atoms with Crippen LogP contribution < -0.4 is 5.32 Å². The minimum Gasteiger partial charge on any atom is -0.309 e. The first-order valence-corrected chi connectivity index (χ1v) is 5.35. The molecule has 0 aromatic carbocycles. The maximum Gasteiger partial charge on any atom is 0.0753 e. The minimum absolute atomic E-state index is 0.322. The molecule has 1 aliphatic carbocycles. The monoisotopic (exact) mass is 191 g/mol. The first-order valence-electron chi connectivity index (χ1n) is 5.35. The molecule has 0 saturated heterocycles. The normalized spacial score (nSPS) is 18.1. The first kappa shape index (κ1) is 9.59. The Morgan fingerprint density at radius 1 is 1.50 bits per heavy atom. The van der Waals surface area contributed by atoms with E-state index in [-0.39, 0.29) is 0 Å². The van der Waals surface area contributed by atoms with Gasteiger partial charge in [-0.2, -0.15) is 0 Å². The van der Waals surface area contributed by atoms with Gasteiger partial charge in [0.1, 0.15) is 0 Å². The van der Waals surface area contributed by atoms with E-state index >= 15 is 0 Å². The highest BCUT2D eigenvalue weighted by Crippen LogP contribution is 2.31. The van der Waals surface area contributed by atoms with E-state index in [1.807, 2.05) is 6.20 Å². The zero-order valence-electron chi connectivity index (χ0n) is 8.61. The number of nitrogens with zero attached hydrogens (tertiary/aromatic N) is 2. The Balaban J connectivity index is 1.74. The predicted octanol–water partition coefficient (Wildman–Crippen LogP) is 1.93. The predicted molar refractivity (Wildman–Crippen MR) is 55.8 cm³/mol. The lowest BCUT2D eigenvalue weighted by molar-refractivity contribution is 0.529. The summed E-state index contributed by atoms with van der Waals surface area (Å²) in [5.74, 6) is 0.997. The van der Waals surface area contributed by atoms with Crippen LogP contribution in [-0.2, 0) is 0 Å². The molecule has 1 unspecified atom stereocenters. The molecular weight excluding hydrogens is 174 g/mol. The van der Waals surface area contributed by atoms with Crippen LogP contribution in [0.4, 0.5) is 0 Å². The lowest BCUT2D eigenvalue weighted by Crippen LogP contribution is -2.21. The third kappa shape index (κ3) is 2.77. The highest BCUT2D eigenvalue weighted by molar-refractivity contribution is 5.00. The molecule has 1 atom stereocenters. The maximum absolute atomic E-state index is 4.27. The molecule has 76 valence electrons. The van der Waals surface area contributed by atoms with Gasteiger partial charge in [-0.05, 0) is 25.8 Å². The van der Waals surface area contributed by atoms with Gasteiger partial charge >= 0.3 is 0 Å². The summed E-state index contributed by atoms with van der Waals surface area (Å²) >= 11 is 0. The smallest absolute Gasteiger partial charge is 0.0753 e. The second-order valence-corrected chi connectivity index (χ2v) is 4.04. The highest BCUT2D eigenvalue weighted by Gasteiger charge is 2.20. The van der Waals surface area contributed by atoms with E-state index < -0.39 is 0 Å². The Morgan fingerprint density at radius 3 is 3.00 bits per heavy atom.